The number of carbonyl (C=O) groups is 2. The van der Waals surface area contributed by atoms with Crippen LogP contribution >= 0.6 is 0 Å². The number of alkyl carbamates (subject to hydrolysis) is 2. The number of carbonyl (C=O) groups excluding carboxylic acids is 2. The fourth-order valence-electron chi connectivity index (χ4n) is 5.48. The van der Waals surface area contributed by atoms with Crippen molar-refractivity contribution < 1.29 is 38.0 Å². The standard InChI is InChI=1S/C42H48N2O8/c1-3-5-25-43-41(45)51-33(27-47-31-17-9-7-10-18-31)29-49-39-35-21-13-15-23-37(35)40(38-24-16-14-22-36(38)39)50-30-34(52-42(46)44-26-6-4-2)28-48-32-19-11-8-12-20-32/h7-24,33-34H,3-6,25-30H2,1-2H3,(H,43,45)(H,44,46). The van der Waals surface area contributed by atoms with Crippen molar-refractivity contribution in [2.45, 2.75) is 51.7 Å². The van der Waals surface area contributed by atoms with Gasteiger partial charge >= 0.3 is 12.2 Å². The summed E-state index contributed by atoms with van der Waals surface area (Å²) >= 11 is 0. The van der Waals surface area contributed by atoms with Crippen LogP contribution in [0.3, 0.4) is 0 Å². The highest BCUT2D eigenvalue weighted by molar-refractivity contribution is 6.11. The molecule has 0 bridgehead atoms. The van der Waals surface area contributed by atoms with Gasteiger partial charge in [0.05, 0.1) is 0 Å². The molecule has 10 heteroatoms. The van der Waals surface area contributed by atoms with E-state index in [0.29, 0.717) is 36.1 Å². The Hall–Kier alpha value is -5.64. The lowest BCUT2D eigenvalue weighted by Crippen LogP contribution is -2.36. The van der Waals surface area contributed by atoms with Crippen LogP contribution in [0, 0.1) is 0 Å². The number of benzene rings is 5. The SMILES string of the molecule is CCCCNC(=O)OC(COc1ccccc1)COc1c2ccccc2c(OCC(COc2ccccc2)OC(=O)NCCCC)c2ccccc12. The van der Waals surface area contributed by atoms with E-state index in [-0.39, 0.29) is 26.4 Å². The first-order valence-electron chi connectivity index (χ1n) is 18.0. The molecule has 0 saturated heterocycles. The molecule has 0 aliphatic heterocycles. The van der Waals surface area contributed by atoms with E-state index < -0.39 is 24.4 Å². The Kier molecular flexibility index (Phi) is 14.7. The summed E-state index contributed by atoms with van der Waals surface area (Å²) in [6.07, 6.45) is 1.14. The van der Waals surface area contributed by atoms with Crippen molar-refractivity contribution in [2.75, 3.05) is 39.5 Å². The number of nitrogens with one attached hydrogen (secondary N) is 2. The van der Waals surface area contributed by atoms with Gasteiger partial charge in [0.2, 0.25) is 0 Å². The molecule has 5 rings (SSSR count). The molecule has 0 saturated carbocycles. The van der Waals surface area contributed by atoms with E-state index in [9.17, 15) is 9.59 Å². The second kappa shape index (κ2) is 20.3. The number of hydrogen-bond acceptors (Lipinski definition) is 8. The van der Waals surface area contributed by atoms with Crippen molar-refractivity contribution in [2.24, 2.45) is 0 Å². The van der Waals surface area contributed by atoms with E-state index in [1.807, 2.05) is 109 Å². The van der Waals surface area contributed by atoms with Crippen molar-refractivity contribution >= 4 is 33.7 Å². The second-order valence-corrected chi connectivity index (χ2v) is 12.2. The van der Waals surface area contributed by atoms with Crippen molar-refractivity contribution in [3.8, 4) is 23.0 Å². The van der Waals surface area contributed by atoms with Gasteiger partial charge < -0.3 is 39.1 Å². The van der Waals surface area contributed by atoms with Crippen LogP contribution in [0.5, 0.6) is 23.0 Å². The minimum absolute atomic E-state index is 0.0438. The number of unbranched alkanes of at least 4 members (excludes halogenated alkanes) is 2. The summed E-state index contributed by atoms with van der Waals surface area (Å²) in [6.45, 7) is 5.44. The number of para-hydroxylation sites is 2. The van der Waals surface area contributed by atoms with Gasteiger partial charge in [-0.25, -0.2) is 9.59 Å². The van der Waals surface area contributed by atoms with Gasteiger partial charge in [0, 0.05) is 34.6 Å². The Morgan fingerprint density at radius 3 is 1.15 bits per heavy atom. The van der Waals surface area contributed by atoms with Crippen LogP contribution < -0.4 is 29.6 Å². The van der Waals surface area contributed by atoms with Crippen molar-refractivity contribution in [1.29, 1.82) is 0 Å². The third-order valence-electron chi connectivity index (χ3n) is 8.16. The molecular formula is C42H48N2O8. The monoisotopic (exact) mass is 708 g/mol. The average Bonchev–Trinajstić information content (AvgIpc) is 3.18. The molecule has 2 N–H and O–H groups in total. The smallest absolute Gasteiger partial charge is 0.407 e. The lowest BCUT2D eigenvalue weighted by Gasteiger charge is -2.23. The molecule has 0 aromatic heterocycles. The first-order chi connectivity index (χ1) is 25.6. The Morgan fingerprint density at radius 1 is 0.481 bits per heavy atom. The molecule has 5 aromatic rings. The van der Waals surface area contributed by atoms with Crippen LogP contribution in [0.15, 0.2) is 109 Å². The molecule has 274 valence electrons. The van der Waals surface area contributed by atoms with E-state index >= 15 is 0 Å². The molecule has 10 nitrogen and oxygen atoms in total. The van der Waals surface area contributed by atoms with Gasteiger partial charge in [0.1, 0.15) is 49.4 Å². The summed E-state index contributed by atoms with van der Waals surface area (Å²) in [7, 11) is 0. The molecule has 2 amide bonds. The van der Waals surface area contributed by atoms with Crippen LogP contribution in [0.1, 0.15) is 39.5 Å². The number of amides is 2. The van der Waals surface area contributed by atoms with Gasteiger partial charge in [0.15, 0.2) is 12.2 Å². The van der Waals surface area contributed by atoms with Gasteiger partial charge in [-0.1, -0.05) is 112 Å². The lowest BCUT2D eigenvalue weighted by molar-refractivity contribution is 0.0356. The third-order valence-corrected chi connectivity index (χ3v) is 8.16. The molecular weight excluding hydrogens is 660 g/mol. The maximum absolute atomic E-state index is 12.7. The third kappa shape index (κ3) is 11.2. The van der Waals surface area contributed by atoms with E-state index in [4.69, 9.17) is 28.4 Å². The van der Waals surface area contributed by atoms with Crippen LogP contribution in [0.2, 0.25) is 0 Å². The fourth-order valence-corrected chi connectivity index (χ4v) is 5.48. The molecule has 0 aliphatic carbocycles. The number of fused-ring (bicyclic) bond motifs is 2. The van der Waals surface area contributed by atoms with Gasteiger partial charge in [-0.3, -0.25) is 0 Å². The quantitative estimate of drug-likeness (QED) is 0.0610. The molecule has 2 unspecified atom stereocenters. The summed E-state index contributed by atoms with van der Waals surface area (Å²) in [4.78, 5) is 25.4. The molecule has 0 fully saturated rings. The molecule has 0 heterocycles. The number of hydrogen-bond donors (Lipinski definition) is 2. The zero-order valence-corrected chi connectivity index (χ0v) is 29.9. The summed E-state index contributed by atoms with van der Waals surface area (Å²) in [5.74, 6) is 2.56. The molecule has 2 atom stereocenters. The maximum atomic E-state index is 12.7. The number of rotatable bonds is 20. The zero-order valence-electron chi connectivity index (χ0n) is 29.9. The average molecular weight is 709 g/mol. The summed E-state index contributed by atoms with van der Waals surface area (Å²) < 4.78 is 36.6. The summed E-state index contributed by atoms with van der Waals surface area (Å²) in [6, 6.07) is 34.3. The van der Waals surface area contributed by atoms with Crippen molar-refractivity contribution in [3.05, 3.63) is 109 Å². The highest BCUT2D eigenvalue weighted by atomic mass is 16.6. The minimum Gasteiger partial charge on any atom is -0.490 e. The second-order valence-electron chi connectivity index (χ2n) is 12.2. The van der Waals surface area contributed by atoms with E-state index in [1.54, 1.807) is 0 Å². The van der Waals surface area contributed by atoms with Crippen LogP contribution in [0.4, 0.5) is 9.59 Å². The van der Waals surface area contributed by atoms with Crippen LogP contribution in [-0.4, -0.2) is 63.9 Å². The predicted octanol–water partition coefficient (Wildman–Crippen LogP) is 8.70. The largest absolute Gasteiger partial charge is 0.490 e. The van der Waals surface area contributed by atoms with Gasteiger partial charge in [-0.15, -0.1) is 0 Å². The molecule has 52 heavy (non-hydrogen) atoms. The highest BCUT2D eigenvalue weighted by Crippen LogP contribution is 2.43. The molecule has 0 radical (unpaired) electrons. The zero-order chi connectivity index (χ0) is 36.4. The highest BCUT2D eigenvalue weighted by Gasteiger charge is 2.23. The minimum atomic E-state index is -0.707. The van der Waals surface area contributed by atoms with E-state index in [1.165, 1.54) is 0 Å². The molecule has 0 spiro atoms. The summed E-state index contributed by atoms with van der Waals surface area (Å²) in [5, 5.41) is 8.85. The topological polar surface area (TPSA) is 114 Å². The Balaban J connectivity index is 1.38. The van der Waals surface area contributed by atoms with E-state index in [0.717, 1.165) is 47.2 Å². The first-order valence-corrected chi connectivity index (χ1v) is 18.0. The van der Waals surface area contributed by atoms with Gasteiger partial charge in [0.25, 0.3) is 0 Å². The lowest BCUT2D eigenvalue weighted by atomic mass is 10.0. The predicted molar refractivity (Wildman–Crippen MR) is 203 cm³/mol. The van der Waals surface area contributed by atoms with Crippen LogP contribution in [-0.2, 0) is 9.47 Å². The van der Waals surface area contributed by atoms with Crippen LogP contribution in [0.25, 0.3) is 21.5 Å². The van der Waals surface area contributed by atoms with Gasteiger partial charge in [-0.05, 0) is 37.1 Å². The van der Waals surface area contributed by atoms with Gasteiger partial charge in [-0.2, -0.15) is 0 Å². The Morgan fingerprint density at radius 2 is 0.808 bits per heavy atom. The number of ether oxygens (including phenoxy) is 6. The van der Waals surface area contributed by atoms with Crippen molar-refractivity contribution in [1.82, 2.24) is 10.6 Å². The Labute approximate surface area is 305 Å². The normalized spacial score (nSPS) is 12.0. The van der Waals surface area contributed by atoms with E-state index in [2.05, 4.69) is 24.5 Å². The Bertz CT molecular complexity index is 1650. The van der Waals surface area contributed by atoms with Crippen molar-refractivity contribution in [3.63, 3.8) is 0 Å². The first kappa shape index (κ1) is 37.6. The molecule has 5 aromatic carbocycles. The fraction of sp³-hybridized carbons (Fsp3) is 0.333. The maximum Gasteiger partial charge on any atom is 0.407 e. The molecule has 0 aliphatic rings. The summed E-state index contributed by atoms with van der Waals surface area (Å²) in [5.41, 5.74) is 0.